The number of rotatable bonds is 6. The van der Waals surface area contributed by atoms with Crippen LogP contribution >= 0.6 is 0 Å². The summed E-state index contributed by atoms with van der Waals surface area (Å²) in [5.74, 6) is -0.780. The van der Waals surface area contributed by atoms with Gasteiger partial charge in [0.05, 0.1) is 18.8 Å². The highest BCUT2D eigenvalue weighted by Gasteiger charge is 2.20. The van der Waals surface area contributed by atoms with E-state index in [1.807, 2.05) is 0 Å². The van der Waals surface area contributed by atoms with Gasteiger partial charge in [-0.1, -0.05) is 6.07 Å². The van der Waals surface area contributed by atoms with Crippen molar-refractivity contribution in [2.24, 2.45) is 5.14 Å². The van der Waals surface area contributed by atoms with Crippen LogP contribution in [0.3, 0.4) is 0 Å². The van der Waals surface area contributed by atoms with E-state index >= 15 is 0 Å². The number of pyridine rings is 2. The Morgan fingerprint density at radius 1 is 1.12 bits per heavy atom. The average molecular weight is 480 g/mol. The topological polar surface area (TPSA) is 147 Å². The quantitative estimate of drug-likeness (QED) is 0.436. The Morgan fingerprint density at radius 2 is 1.88 bits per heavy atom. The summed E-state index contributed by atoms with van der Waals surface area (Å²) in [6.45, 7) is 0.0221. The number of imidazole rings is 1. The molecular formula is C19H18FN5O5S2. The monoisotopic (exact) mass is 479 g/mol. The van der Waals surface area contributed by atoms with Crippen molar-refractivity contribution in [2.45, 2.75) is 17.2 Å². The molecule has 4 aromatic rings. The molecule has 32 heavy (non-hydrogen) atoms. The molecule has 0 fully saturated rings. The molecule has 0 atom stereocenters. The van der Waals surface area contributed by atoms with Gasteiger partial charge in [-0.2, -0.15) is 4.98 Å². The summed E-state index contributed by atoms with van der Waals surface area (Å²) in [5, 5.41) is 5.62. The van der Waals surface area contributed by atoms with Gasteiger partial charge in [0.2, 0.25) is 15.9 Å². The first-order chi connectivity index (χ1) is 15.0. The fraction of sp³-hybridized carbons (Fsp3) is 0.211. The summed E-state index contributed by atoms with van der Waals surface area (Å²) in [6.07, 6.45) is 2.55. The van der Waals surface area contributed by atoms with Crippen LogP contribution in [0.15, 0.2) is 41.4 Å². The number of aromatic nitrogens is 4. The van der Waals surface area contributed by atoms with Crippen LogP contribution in [0, 0.1) is 5.82 Å². The van der Waals surface area contributed by atoms with Gasteiger partial charge in [-0.25, -0.2) is 36.3 Å². The zero-order valence-electron chi connectivity index (χ0n) is 17.0. The van der Waals surface area contributed by atoms with E-state index in [0.29, 0.717) is 33.5 Å². The number of hydrogen-bond donors (Lipinski definition) is 1. The maximum atomic E-state index is 14.4. The van der Waals surface area contributed by atoms with Crippen LogP contribution in [0.5, 0.6) is 5.88 Å². The SMILES string of the molecule is COc1ccc2c(ncc3nc(CS(C)(=O)=O)n(Cc4ccc(S(N)(=O)=O)c(F)c4)c32)n1. The minimum absolute atomic E-state index is 0.0221. The number of hydrogen-bond acceptors (Lipinski definition) is 8. The predicted molar refractivity (Wildman–Crippen MR) is 115 cm³/mol. The van der Waals surface area contributed by atoms with E-state index in [4.69, 9.17) is 9.88 Å². The maximum absolute atomic E-state index is 14.4. The van der Waals surface area contributed by atoms with Crippen molar-refractivity contribution in [1.29, 1.82) is 0 Å². The molecule has 0 saturated heterocycles. The lowest BCUT2D eigenvalue weighted by molar-refractivity contribution is 0.399. The molecule has 10 nitrogen and oxygen atoms in total. The van der Waals surface area contributed by atoms with Crippen LogP contribution < -0.4 is 9.88 Å². The molecule has 13 heteroatoms. The molecule has 0 amide bonds. The van der Waals surface area contributed by atoms with Crippen molar-refractivity contribution >= 4 is 41.9 Å². The molecule has 0 aliphatic carbocycles. The first-order valence-corrected chi connectivity index (χ1v) is 12.7. The zero-order valence-corrected chi connectivity index (χ0v) is 18.6. The lowest BCUT2D eigenvalue weighted by Crippen LogP contribution is -2.15. The van der Waals surface area contributed by atoms with Gasteiger partial charge in [0, 0.05) is 24.3 Å². The molecule has 0 bridgehead atoms. The molecule has 3 heterocycles. The number of fused-ring (bicyclic) bond motifs is 3. The summed E-state index contributed by atoms with van der Waals surface area (Å²) in [4.78, 5) is 12.4. The van der Waals surface area contributed by atoms with Crippen LogP contribution in [0.4, 0.5) is 4.39 Å². The number of benzene rings is 1. The van der Waals surface area contributed by atoms with E-state index in [0.717, 1.165) is 18.4 Å². The van der Waals surface area contributed by atoms with E-state index < -0.39 is 30.6 Å². The van der Waals surface area contributed by atoms with Gasteiger partial charge < -0.3 is 9.30 Å². The first-order valence-electron chi connectivity index (χ1n) is 9.14. The Balaban J connectivity index is 1.93. The molecular weight excluding hydrogens is 461 g/mol. The van der Waals surface area contributed by atoms with Crippen LogP contribution in [0.25, 0.3) is 22.1 Å². The average Bonchev–Trinajstić information content (AvgIpc) is 3.02. The van der Waals surface area contributed by atoms with Crippen LogP contribution in [-0.4, -0.2) is 49.7 Å². The van der Waals surface area contributed by atoms with Crippen LogP contribution in [0.1, 0.15) is 11.4 Å². The van der Waals surface area contributed by atoms with Gasteiger partial charge >= 0.3 is 0 Å². The third kappa shape index (κ3) is 4.26. The van der Waals surface area contributed by atoms with Crippen molar-refractivity contribution in [3.8, 4) is 5.88 Å². The lowest BCUT2D eigenvalue weighted by atomic mass is 10.2. The van der Waals surface area contributed by atoms with Gasteiger partial charge in [-0.05, 0) is 23.8 Å². The van der Waals surface area contributed by atoms with E-state index in [1.54, 1.807) is 16.7 Å². The highest BCUT2D eigenvalue weighted by Crippen LogP contribution is 2.27. The van der Waals surface area contributed by atoms with E-state index in [1.165, 1.54) is 19.4 Å². The molecule has 2 N–H and O–H groups in total. The largest absolute Gasteiger partial charge is 0.481 e. The standard InChI is InChI=1S/C19H18FN5O5S2/c1-30-17-6-4-12-18-14(8-22-19(12)24-17)23-16(10-31(2,26)27)25(18)9-11-3-5-15(13(20)7-11)32(21,28)29/h3-8H,9-10H2,1-2H3,(H2,21,28,29). The highest BCUT2D eigenvalue weighted by molar-refractivity contribution is 7.90. The van der Waals surface area contributed by atoms with Crippen molar-refractivity contribution in [1.82, 2.24) is 19.5 Å². The second-order valence-corrected chi connectivity index (χ2v) is 10.9. The van der Waals surface area contributed by atoms with E-state index in [2.05, 4.69) is 15.0 Å². The number of primary sulfonamides is 1. The molecule has 3 aromatic heterocycles. The van der Waals surface area contributed by atoms with Gasteiger partial charge in [-0.15, -0.1) is 0 Å². The fourth-order valence-electron chi connectivity index (χ4n) is 3.41. The third-order valence-corrected chi connectivity index (χ3v) is 6.46. The van der Waals surface area contributed by atoms with Gasteiger partial charge in [0.15, 0.2) is 15.5 Å². The second-order valence-electron chi connectivity index (χ2n) is 7.21. The zero-order chi connectivity index (χ0) is 23.3. The maximum Gasteiger partial charge on any atom is 0.240 e. The Kier molecular flexibility index (Phi) is 5.35. The number of sulfone groups is 1. The van der Waals surface area contributed by atoms with Gasteiger partial charge in [0.25, 0.3) is 0 Å². The summed E-state index contributed by atoms with van der Waals surface area (Å²) in [6, 6.07) is 6.88. The van der Waals surface area contributed by atoms with Crippen molar-refractivity contribution < 1.29 is 26.0 Å². The molecule has 1 aromatic carbocycles. The van der Waals surface area contributed by atoms with Crippen molar-refractivity contribution in [3.05, 3.63) is 53.7 Å². The molecule has 0 spiro atoms. The number of halogens is 1. The number of methoxy groups -OCH3 is 1. The Hall–Kier alpha value is -3.16. The van der Waals surface area contributed by atoms with E-state index in [-0.39, 0.29) is 18.1 Å². The summed E-state index contributed by atoms with van der Waals surface area (Å²) in [7, 11) is -6.19. The molecule has 0 saturated carbocycles. The predicted octanol–water partition coefficient (Wildman–Crippen LogP) is 1.37. The molecule has 0 unspecified atom stereocenters. The fourth-order valence-corrected chi connectivity index (χ4v) is 4.69. The highest BCUT2D eigenvalue weighted by atomic mass is 32.2. The lowest BCUT2D eigenvalue weighted by Gasteiger charge is -2.11. The molecule has 4 rings (SSSR count). The molecule has 0 radical (unpaired) electrons. The second kappa shape index (κ2) is 7.76. The molecule has 0 aliphatic heterocycles. The van der Waals surface area contributed by atoms with Crippen LogP contribution in [0.2, 0.25) is 0 Å². The smallest absolute Gasteiger partial charge is 0.240 e. The van der Waals surface area contributed by atoms with Crippen molar-refractivity contribution in [2.75, 3.05) is 13.4 Å². The minimum Gasteiger partial charge on any atom is -0.481 e. The Bertz CT molecular complexity index is 1580. The Morgan fingerprint density at radius 3 is 2.50 bits per heavy atom. The third-order valence-electron chi connectivity index (χ3n) is 4.73. The number of ether oxygens (including phenoxy) is 1. The Labute approximate surface area is 182 Å². The normalized spacial score (nSPS) is 12.5. The van der Waals surface area contributed by atoms with Crippen LogP contribution in [-0.2, 0) is 32.2 Å². The number of nitrogens with two attached hydrogens (primary N) is 1. The number of nitrogens with zero attached hydrogens (tertiary/aromatic N) is 4. The van der Waals surface area contributed by atoms with Gasteiger partial charge in [0.1, 0.15) is 27.8 Å². The van der Waals surface area contributed by atoms with Gasteiger partial charge in [-0.3, -0.25) is 0 Å². The molecule has 0 aliphatic rings. The first kappa shape index (κ1) is 22.0. The molecule has 168 valence electrons. The summed E-state index contributed by atoms with van der Waals surface area (Å²) >= 11 is 0. The summed E-state index contributed by atoms with van der Waals surface area (Å²) < 4.78 is 68.1. The van der Waals surface area contributed by atoms with E-state index in [9.17, 15) is 21.2 Å². The minimum atomic E-state index is -4.22. The summed E-state index contributed by atoms with van der Waals surface area (Å²) in [5.41, 5.74) is 1.74. The number of sulfonamides is 1. The van der Waals surface area contributed by atoms with Crippen molar-refractivity contribution in [3.63, 3.8) is 0 Å².